The summed E-state index contributed by atoms with van der Waals surface area (Å²) in [6.45, 7) is 0.431. The number of hydrogen-bond acceptors (Lipinski definition) is 2. The number of hydrogen-bond donors (Lipinski definition) is 1. The monoisotopic (exact) mass is 306 g/mol. The van der Waals surface area contributed by atoms with Crippen molar-refractivity contribution in [3.8, 4) is 0 Å². The third kappa shape index (κ3) is 4.37. The maximum atomic E-state index is 11.7. The van der Waals surface area contributed by atoms with Crippen molar-refractivity contribution in [2.24, 2.45) is 0 Å². The SMILES string of the molecule is O=C(/C=C/c1cc(Cl)ccc1Cl)NCc1cccnc1. The third-order valence-electron chi connectivity index (χ3n) is 2.56. The van der Waals surface area contributed by atoms with Crippen LogP contribution in [0.25, 0.3) is 6.08 Å². The van der Waals surface area contributed by atoms with Crippen LogP contribution in [0.2, 0.25) is 10.0 Å². The molecule has 0 saturated carbocycles. The summed E-state index contributed by atoms with van der Waals surface area (Å²) in [5.74, 6) is -0.204. The maximum absolute atomic E-state index is 11.7. The Balaban J connectivity index is 1.94. The van der Waals surface area contributed by atoms with E-state index in [-0.39, 0.29) is 5.91 Å². The van der Waals surface area contributed by atoms with Crippen molar-refractivity contribution in [2.45, 2.75) is 6.54 Å². The molecule has 0 unspecified atom stereocenters. The highest BCUT2D eigenvalue weighted by atomic mass is 35.5. The number of rotatable bonds is 4. The van der Waals surface area contributed by atoms with Gasteiger partial charge in [0.2, 0.25) is 5.91 Å². The topological polar surface area (TPSA) is 42.0 Å². The smallest absolute Gasteiger partial charge is 0.244 e. The lowest BCUT2D eigenvalue weighted by Crippen LogP contribution is -2.20. The molecule has 20 heavy (non-hydrogen) atoms. The van der Waals surface area contributed by atoms with Gasteiger partial charge in [-0.15, -0.1) is 0 Å². The number of benzene rings is 1. The number of nitrogens with one attached hydrogen (secondary N) is 1. The lowest BCUT2D eigenvalue weighted by atomic mass is 10.2. The van der Waals surface area contributed by atoms with E-state index >= 15 is 0 Å². The van der Waals surface area contributed by atoms with Crippen LogP contribution in [0.4, 0.5) is 0 Å². The molecule has 2 rings (SSSR count). The molecule has 102 valence electrons. The largest absolute Gasteiger partial charge is 0.348 e. The average Bonchev–Trinajstić information content (AvgIpc) is 2.47. The fraction of sp³-hybridized carbons (Fsp3) is 0.0667. The first kappa shape index (κ1) is 14.6. The first-order valence-corrected chi connectivity index (χ1v) is 6.70. The second-order valence-corrected chi connectivity index (χ2v) is 4.92. The maximum Gasteiger partial charge on any atom is 0.244 e. The van der Waals surface area contributed by atoms with Gasteiger partial charge in [0.1, 0.15) is 0 Å². The predicted octanol–water partition coefficient (Wildman–Crippen LogP) is 3.72. The van der Waals surface area contributed by atoms with Crippen molar-refractivity contribution in [1.82, 2.24) is 10.3 Å². The quantitative estimate of drug-likeness (QED) is 0.875. The van der Waals surface area contributed by atoms with Gasteiger partial charge in [0.15, 0.2) is 0 Å². The summed E-state index contributed by atoms with van der Waals surface area (Å²) in [6, 6.07) is 8.81. The molecule has 1 heterocycles. The lowest BCUT2D eigenvalue weighted by Gasteiger charge is -2.02. The highest BCUT2D eigenvalue weighted by Crippen LogP contribution is 2.21. The number of pyridine rings is 1. The molecule has 1 amide bonds. The Kier molecular flexibility index (Phi) is 5.16. The van der Waals surface area contributed by atoms with Gasteiger partial charge in [-0.25, -0.2) is 0 Å². The zero-order valence-electron chi connectivity index (χ0n) is 10.5. The summed E-state index contributed by atoms with van der Waals surface area (Å²) in [4.78, 5) is 15.7. The molecule has 5 heteroatoms. The van der Waals surface area contributed by atoms with E-state index in [4.69, 9.17) is 23.2 Å². The number of carbonyl (C=O) groups excluding carboxylic acids is 1. The standard InChI is InChI=1S/C15H12Cl2N2O/c16-13-4-5-14(17)12(8-13)3-6-15(20)19-10-11-2-1-7-18-9-11/h1-9H,10H2,(H,19,20)/b6-3+. The molecule has 0 aliphatic rings. The van der Waals surface area contributed by atoms with Gasteiger partial charge in [0.25, 0.3) is 0 Å². The zero-order valence-corrected chi connectivity index (χ0v) is 12.0. The Morgan fingerprint density at radius 3 is 2.90 bits per heavy atom. The summed E-state index contributed by atoms with van der Waals surface area (Å²) in [5.41, 5.74) is 1.64. The molecule has 0 fully saturated rings. The van der Waals surface area contributed by atoms with Crippen LogP contribution >= 0.6 is 23.2 Å². The van der Waals surface area contributed by atoms with Gasteiger partial charge in [0.05, 0.1) is 0 Å². The number of amides is 1. The van der Waals surface area contributed by atoms with Gasteiger partial charge in [-0.1, -0.05) is 29.3 Å². The van der Waals surface area contributed by atoms with E-state index in [0.29, 0.717) is 22.2 Å². The van der Waals surface area contributed by atoms with Crippen LogP contribution in [0.3, 0.4) is 0 Å². The Labute approximate surface area is 127 Å². The summed E-state index contributed by atoms with van der Waals surface area (Å²) in [7, 11) is 0. The molecule has 0 spiro atoms. The molecule has 1 aromatic carbocycles. The van der Waals surface area contributed by atoms with E-state index in [1.54, 1.807) is 36.7 Å². The lowest BCUT2D eigenvalue weighted by molar-refractivity contribution is -0.116. The Bertz CT molecular complexity index is 627. The van der Waals surface area contributed by atoms with E-state index in [0.717, 1.165) is 5.56 Å². The highest BCUT2D eigenvalue weighted by Gasteiger charge is 2.00. The minimum atomic E-state index is -0.204. The van der Waals surface area contributed by atoms with Crippen LogP contribution in [-0.2, 0) is 11.3 Å². The van der Waals surface area contributed by atoms with Crippen molar-refractivity contribution in [3.05, 3.63) is 70.0 Å². The molecular weight excluding hydrogens is 295 g/mol. The molecule has 1 N–H and O–H groups in total. The molecule has 0 bridgehead atoms. The summed E-state index contributed by atoms with van der Waals surface area (Å²) >= 11 is 11.9. The fourth-order valence-corrected chi connectivity index (χ4v) is 1.92. The summed E-state index contributed by atoms with van der Waals surface area (Å²) in [5, 5.41) is 3.88. The van der Waals surface area contributed by atoms with E-state index in [1.165, 1.54) is 6.08 Å². The molecular formula is C15H12Cl2N2O. The second kappa shape index (κ2) is 7.08. The molecule has 0 saturated heterocycles. The third-order valence-corrected chi connectivity index (χ3v) is 3.14. The van der Waals surface area contributed by atoms with E-state index in [1.807, 2.05) is 12.1 Å². The van der Waals surface area contributed by atoms with Crippen molar-refractivity contribution in [1.29, 1.82) is 0 Å². The van der Waals surface area contributed by atoms with Crippen molar-refractivity contribution < 1.29 is 4.79 Å². The van der Waals surface area contributed by atoms with Crippen molar-refractivity contribution in [3.63, 3.8) is 0 Å². The Hall–Kier alpha value is -1.84. The number of nitrogens with zero attached hydrogens (tertiary/aromatic N) is 1. The summed E-state index contributed by atoms with van der Waals surface area (Å²) in [6.07, 6.45) is 6.45. The van der Waals surface area contributed by atoms with Crippen LogP contribution in [0.1, 0.15) is 11.1 Å². The molecule has 0 aliphatic carbocycles. The van der Waals surface area contributed by atoms with Crippen molar-refractivity contribution in [2.75, 3.05) is 0 Å². The normalized spacial score (nSPS) is 10.7. The van der Waals surface area contributed by atoms with Gasteiger partial charge >= 0.3 is 0 Å². The van der Waals surface area contributed by atoms with Gasteiger partial charge in [-0.3, -0.25) is 9.78 Å². The molecule has 3 nitrogen and oxygen atoms in total. The molecule has 1 aromatic heterocycles. The van der Waals surface area contributed by atoms with Crippen LogP contribution < -0.4 is 5.32 Å². The van der Waals surface area contributed by atoms with Crippen molar-refractivity contribution >= 4 is 35.2 Å². The molecule has 0 aliphatic heterocycles. The van der Waals surface area contributed by atoms with E-state index in [2.05, 4.69) is 10.3 Å². The minimum absolute atomic E-state index is 0.204. The average molecular weight is 307 g/mol. The van der Waals surface area contributed by atoms with Gasteiger partial charge < -0.3 is 5.32 Å². The predicted molar refractivity (Wildman–Crippen MR) is 81.6 cm³/mol. The van der Waals surface area contributed by atoms with Crippen LogP contribution in [0, 0.1) is 0 Å². The zero-order chi connectivity index (χ0) is 14.4. The van der Waals surface area contributed by atoms with Crippen LogP contribution in [-0.4, -0.2) is 10.9 Å². The highest BCUT2D eigenvalue weighted by molar-refractivity contribution is 6.34. The molecule has 0 atom stereocenters. The fourth-order valence-electron chi connectivity index (χ4n) is 1.56. The van der Waals surface area contributed by atoms with Gasteiger partial charge in [-0.2, -0.15) is 0 Å². The Morgan fingerprint density at radius 2 is 2.15 bits per heavy atom. The molecule has 2 aromatic rings. The number of halogens is 2. The second-order valence-electron chi connectivity index (χ2n) is 4.08. The number of carbonyl (C=O) groups is 1. The number of aromatic nitrogens is 1. The first-order chi connectivity index (χ1) is 9.65. The first-order valence-electron chi connectivity index (χ1n) is 5.95. The van der Waals surface area contributed by atoms with Gasteiger partial charge in [-0.05, 0) is 41.5 Å². The van der Waals surface area contributed by atoms with Gasteiger partial charge in [0, 0.05) is 35.1 Å². The minimum Gasteiger partial charge on any atom is -0.348 e. The molecule has 0 radical (unpaired) electrons. The summed E-state index contributed by atoms with van der Waals surface area (Å²) < 4.78 is 0. The van der Waals surface area contributed by atoms with Crippen LogP contribution in [0.5, 0.6) is 0 Å². The van der Waals surface area contributed by atoms with E-state index in [9.17, 15) is 4.79 Å². The van der Waals surface area contributed by atoms with Crippen LogP contribution in [0.15, 0.2) is 48.8 Å². The Morgan fingerprint density at radius 1 is 1.30 bits per heavy atom. The van der Waals surface area contributed by atoms with E-state index < -0.39 is 0 Å².